The highest BCUT2D eigenvalue weighted by Crippen LogP contribution is 2.43. The van der Waals surface area contributed by atoms with Gasteiger partial charge in [0, 0.05) is 11.1 Å². The van der Waals surface area contributed by atoms with Gasteiger partial charge in [-0.15, -0.1) is 0 Å². The fourth-order valence-corrected chi connectivity index (χ4v) is 3.85. The van der Waals surface area contributed by atoms with Gasteiger partial charge in [-0.1, -0.05) is 35.9 Å². The Morgan fingerprint density at radius 1 is 1.29 bits per heavy atom. The maximum absolute atomic E-state index is 6.21. The minimum absolute atomic E-state index is 0.0623. The van der Waals surface area contributed by atoms with Gasteiger partial charge in [0.25, 0.3) is 0 Å². The zero-order chi connectivity index (χ0) is 15.0. The molecular weight excluding hydrogens is 352 g/mol. The zero-order valence-corrected chi connectivity index (χ0v) is 13.9. The molecule has 0 amide bonds. The van der Waals surface area contributed by atoms with Crippen LogP contribution in [0, 0.1) is 0 Å². The second kappa shape index (κ2) is 5.87. The molecule has 1 aliphatic carbocycles. The summed E-state index contributed by atoms with van der Waals surface area (Å²) in [6, 6.07) is 12.2. The first-order chi connectivity index (χ1) is 10.1. The highest BCUT2D eigenvalue weighted by Gasteiger charge is 2.28. The Kier molecular flexibility index (Phi) is 4.11. The molecule has 2 atom stereocenters. The van der Waals surface area contributed by atoms with Crippen LogP contribution in [0.25, 0.3) is 0 Å². The van der Waals surface area contributed by atoms with Crippen molar-refractivity contribution in [3.05, 3.63) is 57.0 Å². The van der Waals surface area contributed by atoms with Crippen molar-refractivity contribution < 1.29 is 4.74 Å². The monoisotopic (exact) mass is 366 g/mol. The van der Waals surface area contributed by atoms with Crippen LogP contribution in [0.5, 0.6) is 5.75 Å². The SMILES string of the molecule is COc1c(Br)cc(Cl)cc1NC1CC(N)c2ccccc21. The summed E-state index contributed by atoms with van der Waals surface area (Å²) in [5, 5.41) is 4.16. The first-order valence-electron chi connectivity index (χ1n) is 6.74. The van der Waals surface area contributed by atoms with E-state index in [9.17, 15) is 0 Å². The Hall–Kier alpha value is -1.23. The lowest BCUT2D eigenvalue weighted by Gasteiger charge is -2.19. The number of nitrogens with one attached hydrogen (secondary N) is 1. The number of halogens is 2. The number of benzene rings is 2. The molecule has 0 radical (unpaired) electrons. The van der Waals surface area contributed by atoms with Crippen molar-refractivity contribution in [1.29, 1.82) is 0 Å². The van der Waals surface area contributed by atoms with E-state index < -0.39 is 0 Å². The number of ether oxygens (including phenoxy) is 1. The van der Waals surface area contributed by atoms with Crippen LogP contribution >= 0.6 is 27.5 Å². The van der Waals surface area contributed by atoms with Crippen molar-refractivity contribution in [3.8, 4) is 5.75 Å². The molecule has 21 heavy (non-hydrogen) atoms. The van der Waals surface area contributed by atoms with Gasteiger partial charge in [0.1, 0.15) is 0 Å². The fraction of sp³-hybridized carbons (Fsp3) is 0.250. The summed E-state index contributed by atoms with van der Waals surface area (Å²) in [6.07, 6.45) is 0.854. The van der Waals surface area contributed by atoms with E-state index in [0.29, 0.717) is 5.02 Å². The van der Waals surface area contributed by atoms with E-state index in [1.54, 1.807) is 7.11 Å². The van der Waals surface area contributed by atoms with Crippen molar-refractivity contribution in [2.45, 2.75) is 18.5 Å². The third-order valence-corrected chi connectivity index (χ3v) is 4.61. The maximum Gasteiger partial charge on any atom is 0.156 e. The zero-order valence-electron chi connectivity index (χ0n) is 11.6. The normalized spacial score (nSPS) is 20.2. The molecule has 0 saturated carbocycles. The molecule has 3 nitrogen and oxygen atoms in total. The second-order valence-corrected chi connectivity index (χ2v) is 6.43. The summed E-state index contributed by atoms with van der Waals surface area (Å²) in [5.41, 5.74) is 9.52. The summed E-state index contributed by atoms with van der Waals surface area (Å²) in [6.45, 7) is 0. The molecular formula is C16H16BrClN2O. The summed E-state index contributed by atoms with van der Waals surface area (Å²) in [7, 11) is 1.65. The van der Waals surface area contributed by atoms with Crippen molar-refractivity contribution >= 4 is 33.2 Å². The number of hydrogen-bond donors (Lipinski definition) is 2. The Labute approximate surface area is 137 Å². The molecule has 2 aromatic carbocycles. The number of fused-ring (bicyclic) bond motifs is 1. The first kappa shape index (κ1) is 14.7. The largest absolute Gasteiger partial charge is 0.493 e. The lowest BCUT2D eigenvalue weighted by Crippen LogP contribution is -2.10. The average molecular weight is 368 g/mol. The molecule has 0 spiro atoms. The third kappa shape index (κ3) is 2.76. The van der Waals surface area contributed by atoms with Crippen LogP contribution in [0.3, 0.4) is 0 Å². The van der Waals surface area contributed by atoms with Crippen LogP contribution in [-0.2, 0) is 0 Å². The van der Waals surface area contributed by atoms with Crippen molar-refractivity contribution in [1.82, 2.24) is 0 Å². The molecule has 0 aromatic heterocycles. The van der Waals surface area contributed by atoms with Gasteiger partial charge in [0.15, 0.2) is 5.75 Å². The molecule has 5 heteroatoms. The Morgan fingerprint density at radius 3 is 2.71 bits per heavy atom. The molecule has 2 unspecified atom stereocenters. The van der Waals surface area contributed by atoms with Crippen LogP contribution in [0.2, 0.25) is 5.02 Å². The summed E-state index contributed by atoms with van der Waals surface area (Å²) >= 11 is 9.62. The van der Waals surface area contributed by atoms with Gasteiger partial charge in [-0.3, -0.25) is 0 Å². The van der Waals surface area contributed by atoms with E-state index >= 15 is 0 Å². The van der Waals surface area contributed by atoms with Crippen molar-refractivity contribution in [3.63, 3.8) is 0 Å². The number of hydrogen-bond acceptors (Lipinski definition) is 3. The first-order valence-corrected chi connectivity index (χ1v) is 7.91. The number of methoxy groups -OCH3 is 1. The molecule has 3 N–H and O–H groups in total. The van der Waals surface area contributed by atoms with Gasteiger partial charge in [-0.2, -0.15) is 0 Å². The molecule has 0 heterocycles. The van der Waals surface area contributed by atoms with Gasteiger partial charge in [0.05, 0.1) is 23.3 Å². The standard InChI is InChI=1S/C16H16BrClN2O/c1-21-16-12(17)6-9(18)7-15(16)20-14-8-13(19)10-4-2-3-5-11(10)14/h2-7,13-14,20H,8,19H2,1H3. The highest BCUT2D eigenvalue weighted by molar-refractivity contribution is 9.10. The number of rotatable bonds is 3. The fourth-order valence-electron chi connectivity index (χ4n) is 2.87. The molecule has 3 rings (SSSR count). The Bertz CT molecular complexity index is 677. The van der Waals surface area contributed by atoms with E-state index in [0.717, 1.165) is 22.3 Å². The number of anilines is 1. The van der Waals surface area contributed by atoms with Gasteiger partial charge >= 0.3 is 0 Å². The van der Waals surface area contributed by atoms with Gasteiger partial charge in [0.2, 0.25) is 0 Å². The van der Waals surface area contributed by atoms with Crippen LogP contribution in [0.15, 0.2) is 40.9 Å². The van der Waals surface area contributed by atoms with Gasteiger partial charge in [-0.25, -0.2) is 0 Å². The van der Waals surface area contributed by atoms with Crippen LogP contribution in [0.4, 0.5) is 5.69 Å². The van der Waals surface area contributed by atoms with E-state index in [4.69, 9.17) is 22.1 Å². The van der Waals surface area contributed by atoms with Crippen LogP contribution in [-0.4, -0.2) is 7.11 Å². The molecule has 0 saturated heterocycles. The van der Waals surface area contributed by atoms with Crippen molar-refractivity contribution in [2.24, 2.45) is 5.73 Å². The lowest BCUT2D eigenvalue weighted by atomic mass is 10.1. The van der Waals surface area contributed by atoms with E-state index in [2.05, 4.69) is 33.4 Å². The van der Waals surface area contributed by atoms with E-state index in [1.165, 1.54) is 11.1 Å². The topological polar surface area (TPSA) is 47.3 Å². The van der Waals surface area contributed by atoms with Crippen molar-refractivity contribution in [2.75, 3.05) is 12.4 Å². The number of nitrogens with two attached hydrogens (primary N) is 1. The van der Waals surface area contributed by atoms with Gasteiger partial charge < -0.3 is 15.8 Å². The van der Waals surface area contributed by atoms with Crippen LogP contribution < -0.4 is 15.8 Å². The Balaban J connectivity index is 1.95. The predicted molar refractivity (Wildman–Crippen MR) is 90.1 cm³/mol. The Morgan fingerprint density at radius 2 is 2.00 bits per heavy atom. The average Bonchev–Trinajstić information content (AvgIpc) is 2.76. The maximum atomic E-state index is 6.21. The van der Waals surface area contributed by atoms with E-state index in [-0.39, 0.29) is 12.1 Å². The second-order valence-electron chi connectivity index (χ2n) is 5.14. The predicted octanol–water partition coefficient (Wildman–Crippen LogP) is 4.67. The minimum Gasteiger partial charge on any atom is -0.493 e. The molecule has 0 aliphatic heterocycles. The summed E-state index contributed by atoms with van der Waals surface area (Å²) in [5.74, 6) is 0.748. The lowest BCUT2D eigenvalue weighted by molar-refractivity contribution is 0.413. The summed E-state index contributed by atoms with van der Waals surface area (Å²) in [4.78, 5) is 0. The molecule has 0 bridgehead atoms. The minimum atomic E-state index is 0.0623. The molecule has 2 aromatic rings. The molecule has 0 fully saturated rings. The molecule has 1 aliphatic rings. The molecule has 110 valence electrons. The quantitative estimate of drug-likeness (QED) is 0.829. The highest BCUT2D eigenvalue weighted by atomic mass is 79.9. The van der Waals surface area contributed by atoms with E-state index in [1.807, 2.05) is 24.3 Å². The smallest absolute Gasteiger partial charge is 0.156 e. The summed E-state index contributed by atoms with van der Waals surface area (Å²) < 4.78 is 6.29. The third-order valence-electron chi connectivity index (χ3n) is 3.80. The van der Waals surface area contributed by atoms with Gasteiger partial charge in [-0.05, 0) is 45.6 Å². The van der Waals surface area contributed by atoms with Crippen LogP contribution in [0.1, 0.15) is 29.6 Å².